The number of ether oxygens (including phenoxy) is 2. The first-order chi connectivity index (χ1) is 17.6. The van der Waals surface area contributed by atoms with Crippen molar-refractivity contribution in [1.82, 2.24) is 29.7 Å². The summed E-state index contributed by atoms with van der Waals surface area (Å²) in [5.74, 6) is -1.42. The van der Waals surface area contributed by atoms with Crippen molar-refractivity contribution in [2.24, 2.45) is 0 Å². The molecule has 0 fully saturated rings. The summed E-state index contributed by atoms with van der Waals surface area (Å²) in [5.41, 5.74) is 5.63. The summed E-state index contributed by atoms with van der Waals surface area (Å²) < 4.78 is 62.7. The van der Waals surface area contributed by atoms with Gasteiger partial charge in [-0.15, -0.1) is 13.2 Å². The predicted molar refractivity (Wildman–Crippen MR) is 132 cm³/mol. The minimum absolute atomic E-state index is 0.225. The van der Waals surface area contributed by atoms with Crippen LogP contribution in [0.1, 0.15) is 39.3 Å². The molecule has 1 unspecified atom stereocenters. The van der Waals surface area contributed by atoms with Crippen LogP contribution in [0.4, 0.5) is 19.0 Å². The lowest BCUT2D eigenvalue weighted by Gasteiger charge is -2.32. The van der Waals surface area contributed by atoms with Gasteiger partial charge in [-0.05, 0) is 45.4 Å². The van der Waals surface area contributed by atoms with Gasteiger partial charge in [0.05, 0.1) is 19.0 Å². The van der Waals surface area contributed by atoms with Gasteiger partial charge in [-0.25, -0.2) is 25.1 Å². The number of aromatic nitrogens is 4. The maximum atomic E-state index is 13.9. The lowest BCUT2D eigenvalue weighted by Crippen LogP contribution is -2.47. The summed E-state index contributed by atoms with van der Waals surface area (Å²) in [6.07, 6.45) is -2.91. The molecule has 0 radical (unpaired) electrons. The monoisotopic (exact) mass is 559 g/mol. The number of carboxylic acids is 1. The Morgan fingerprint density at radius 2 is 1.84 bits per heavy atom. The van der Waals surface area contributed by atoms with Crippen LogP contribution in [0.2, 0.25) is 0 Å². The van der Waals surface area contributed by atoms with E-state index in [1.54, 1.807) is 18.4 Å². The number of carbonyl (C=O) groups is 1. The summed E-state index contributed by atoms with van der Waals surface area (Å²) in [6, 6.07) is 4.36. The van der Waals surface area contributed by atoms with Crippen LogP contribution in [0.3, 0.4) is 0 Å². The molecule has 16 heteroatoms. The molecule has 0 aliphatic carbocycles. The molecule has 0 aliphatic heterocycles. The zero-order chi connectivity index (χ0) is 28.3. The van der Waals surface area contributed by atoms with Gasteiger partial charge in [0.1, 0.15) is 29.5 Å². The number of carboxylic acid groups (broad SMARTS) is 1. The van der Waals surface area contributed by atoms with Crippen LogP contribution >= 0.6 is 7.44 Å². The van der Waals surface area contributed by atoms with E-state index in [-0.39, 0.29) is 12.4 Å². The van der Waals surface area contributed by atoms with Crippen molar-refractivity contribution in [3.8, 4) is 5.75 Å². The second-order valence-corrected chi connectivity index (χ2v) is 11.4. The molecule has 5 N–H and O–H groups in total. The number of halogens is 3. The third-order valence-corrected chi connectivity index (χ3v) is 7.67. The summed E-state index contributed by atoms with van der Waals surface area (Å²) in [5, 5.41) is 15.1. The lowest BCUT2D eigenvalue weighted by molar-refractivity contribution is -0.274. The van der Waals surface area contributed by atoms with E-state index in [9.17, 15) is 27.6 Å². The predicted octanol–water partition coefficient (Wildman–Crippen LogP) is 3.67. The highest BCUT2D eigenvalue weighted by Crippen LogP contribution is 2.42. The van der Waals surface area contributed by atoms with E-state index in [4.69, 9.17) is 10.5 Å². The van der Waals surface area contributed by atoms with Crippen molar-refractivity contribution in [3.05, 3.63) is 42.5 Å². The van der Waals surface area contributed by atoms with Crippen molar-refractivity contribution in [1.29, 1.82) is 0 Å². The summed E-state index contributed by atoms with van der Waals surface area (Å²) in [6.45, 7) is 6.33. The van der Waals surface area contributed by atoms with Gasteiger partial charge in [0, 0.05) is 6.04 Å². The number of nitrogen functional groups attached to an aromatic ring is 1. The molecule has 0 bridgehead atoms. The number of hydrogen-bond donors (Lipinski definition) is 4. The minimum Gasteiger partial charge on any atom is -0.480 e. The Morgan fingerprint density at radius 1 is 1.18 bits per heavy atom. The Hall–Kier alpha value is -3.26. The van der Waals surface area contributed by atoms with Crippen molar-refractivity contribution >= 4 is 30.4 Å². The molecular weight excluding hydrogens is 530 g/mol. The van der Waals surface area contributed by atoms with Crippen LogP contribution < -0.4 is 20.6 Å². The number of aliphatic carboxylic acids is 1. The van der Waals surface area contributed by atoms with Crippen molar-refractivity contribution in [3.63, 3.8) is 0 Å². The molecule has 0 aliphatic rings. The smallest absolute Gasteiger partial charge is 0.480 e. The maximum Gasteiger partial charge on any atom is 0.573 e. The molecule has 3 rings (SSSR count). The Balaban J connectivity index is 1.73. The topological polar surface area (TPSA) is 167 Å². The van der Waals surface area contributed by atoms with Crippen molar-refractivity contribution in [2.45, 2.75) is 58.3 Å². The highest BCUT2D eigenvalue weighted by molar-refractivity contribution is 7.59. The molecule has 1 aromatic carbocycles. The quantitative estimate of drug-likeness (QED) is 0.239. The van der Waals surface area contributed by atoms with E-state index < -0.39 is 49.6 Å². The fourth-order valence-corrected chi connectivity index (χ4v) is 5.98. The van der Waals surface area contributed by atoms with Crippen LogP contribution in [0.5, 0.6) is 5.75 Å². The van der Waals surface area contributed by atoms with Crippen molar-refractivity contribution in [2.75, 3.05) is 12.1 Å². The van der Waals surface area contributed by atoms with Gasteiger partial charge in [-0.2, -0.15) is 0 Å². The van der Waals surface area contributed by atoms with Gasteiger partial charge in [0.25, 0.3) is 0 Å². The van der Waals surface area contributed by atoms with Gasteiger partial charge in [-0.1, -0.05) is 12.1 Å². The number of nitrogens with two attached hydrogens (primary N) is 1. The number of hydrogen-bond acceptors (Lipinski definition) is 8. The Bertz CT molecular complexity index is 1320. The first kappa shape index (κ1) is 29.3. The molecular formula is C22H29F3N7O5P. The fraction of sp³-hybridized carbons (Fsp3) is 0.455. The van der Waals surface area contributed by atoms with Crippen LogP contribution in [-0.2, 0) is 20.6 Å². The molecule has 2 heterocycles. The highest BCUT2D eigenvalue weighted by atomic mass is 31.2. The third-order valence-electron chi connectivity index (χ3n) is 5.43. The zero-order valence-corrected chi connectivity index (χ0v) is 22.0. The number of benzene rings is 1. The lowest BCUT2D eigenvalue weighted by atomic mass is 10.1. The maximum absolute atomic E-state index is 13.9. The van der Waals surface area contributed by atoms with E-state index in [2.05, 4.69) is 29.9 Å². The first-order valence-electron chi connectivity index (χ1n) is 11.4. The minimum atomic E-state index is -4.83. The van der Waals surface area contributed by atoms with Gasteiger partial charge in [0.2, 0.25) is 7.44 Å². The fourth-order valence-electron chi connectivity index (χ4n) is 3.54. The second kappa shape index (κ2) is 11.2. The summed E-state index contributed by atoms with van der Waals surface area (Å²) in [7, 11) is -3.75. The number of alkyl halides is 3. The van der Waals surface area contributed by atoms with Gasteiger partial charge < -0.3 is 24.9 Å². The second-order valence-electron chi connectivity index (χ2n) is 9.18. The van der Waals surface area contributed by atoms with Crippen LogP contribution in [0.15, 0.2) is 36.9 Å². The Labute approximate surface area is 216 Å². The van der Waals surface area contributed by atoms with Crippen LogP contribution in [0.25, 0.3) is 11.2 Å². The zero-order valence-electron chi connectivity index (χ0n) is 21.1. The average molecular weight is 559 g/mol. The van der Waals surface area contributed by atoms with E-state index in [0.717, 1.165) is 12.1 Å². The van der Waals surface area contributed by atoms with Gasteiger partial charge in [0.15, 0.2) is 11.5 Å². The van der Waals surface area contributed by atoms with E-state index >= 15 is 0 Å². The molecule has 38 heavy (non-hydrogen) atoms. The van der Waals surface area contributed by atoms with Crippen LogP contribution in [-0.4, -0.2) is 54.9 Å². The number of nitrogens with one attached hydrogen (secondary N) is 2. The Morgan fingerprint density at radius 3 is 2.45 bits per heavy atom. The van der Waals surface area contributed by atoms with Crippen molar-refractivity contribution < 1.29 is 37.1 Å². The van der Waals surface area contributed by atoms with Gasteiger partial charge >= 0.3 is 12.3 Å². The molecule has 0 saturated carbocycles. The number of anilines is 1. The molecule has 0 amide bonds. The molecule has 0 saturated heterocycles. The normalized spacial score (nSPS) is 15.7. The molecule has 3 aromatic rings. The van der Waals surface area contributed by atoms with Gasteiger partial charge in [-0.3, -0.25) is 9.36 Å². The SMILES string of the molecule is C[C@@H](Cn1cnc2c(N)ncnc21)OCP(=O)(N[C@H](C)c1ccc(OC(F)(F)F)cc1)NC(C)(C)C(=O)O. The first-order valence-corrected chi connectivity index (χ1v) is 13.3. The number of fused-ring (bicyclic) bond motifs is 1. The molecule has 0 spiro atoms. The average Bonchev–Trinajstić information content (AvgIpc) is 3.20. The molecule has 208 valence electrons. The highest BCUT2D eigenvalue weighted by Gasteiger charge is 2.37. The number of nitrogens with zero attached hydrogens (tertiary/aromatic N) is 4. The van der Waals surface area contributed by atoms with E-state index in [1.807, 2.05) is 0 Å². The summed E-state index contributed by atoms with van der Waals surface area (Å²) in [4.78, 5) is 24.0. The standard InChI is InChI=1S/C22H29F3N7O5P/c1-13(9-32-11-29-17-18(26)27-10-28-19(17)32)36-12-38(35,31-21(3,4)20(33)34)30-14(2)15-5-7-16(8-6-15)37-22(23,24)25/h5-8,10-11,13-14H,9,12H2,1-4H3,(H,33,34)(H2,26,27,28)(H2,30,31,35)/t13-,14+,38?/m0/s1. The third kappa shape index (κ3) is 7.63. The largest absolute Gasteiger partial charge is 0.573 e. The van der Waals surface area contributed by atoms with E-state index in [0.29, 0.717) is 16.7 Å². The molecule has 2 aromatic heterocycles. The van der Waals surface area contributed by atoms with E-state index in [1.165, 1.54) is 38.6 Å². The number of rotatable bonds is 12. The Kier molecular flexibility index (Phi) is 8.66. The summed E-state index contributed by atoms with van der Waals surface area (Å²) >= 11 is 0. The van der Waals surface area contributed by atoms with Crippen LogP contribution in [0, 0.1) is 0 Å². The number of imidazole rings is 1. The molecule has 12 nitrogen and oxygen atoms in total. The molecule has 3 atom stereocenters.